The fourth-order valence-electron chi connectivity index (χ4n) is 2.51. The van der Waals surface area contributed by atoms with Crippen molar-refractivity contribution < 1.29 is 0 Å². The van der Waals surface area contributed by atoms with Crippen molar-refractivity contribution >= 4 is 5.82 Å². The Balaban J connectivity index is 2.01. The van der Waals surface area contributed by atoms with E-state index in [2.05, 4.69) is 45.8 Å². The zero-order chi connectivity index (χ0) is 15.4. The minimum absolute atomic E-state index is 0.751. The van der Waals surface area contributed by atoms with Crippen LogP contribution < -0.4 is 5.32 Å². The van der Waals surface area contributed by atoms with Crippen LogP contribution >= 0.6 is 0 Å². The highest BCUT2D eigenvalue weighted by Crippen LogP contribution is 2.26. The lowest BCUT2D eigenvalue weighted by Crippen LogP contribution is -2.10. The van der Waals surface area contributed by atoms with Crippen molar-refractivity contribution in [3.05, 3.63) is 48.0 Å². The largest absolute Gasteiger partial charge is 0.368 e. The maximum absolute atomic E-state index is 4.71. The number of imidazole rings is 1. The van der Waals surface area contributed by atoms with Crippen LogP contribution in [0.1, 0.15) is 31.7 Å². The average molecular weight is 295 g/mol. The number of nitrogens with one attached hydrogen (secondary N) is 1. The third-order valence-electron chi connectivity index (χ3n) is 3.52. The molecule has 0 aromatic heterocycles. The first-order valence-corrected chi connectivity index (χ1v) is 7.81. The fourth-order valence-corrected chi connectivity index (χ4v) is 2.51. The van der Waals surface area contributed by atoms with Crippen LogP contribution in [0.2, 0.25) is 0 Å². The number of nitrogens with zero attached hydrogens (tertiary/aromatic N) is 4. The molecule has 0 saturated carbocycles. The standard InChI is InChI=1S/C17H21N5/c1-3-8-14-20-15-16(18-4-2)19-12-22(17(15)21-14)11-13-9-6-5-7-10-13/h5-7,9-10,12,18H,3-4,8,11H2,1-2H3. The predicted octanol–water partition coefficient (Wildman–Crippen LogP) is 3.21. The summed E-state index contributed by atoms with van der Waals surface area (Å²) in [6.45, 7) is 5.77. The number of anilines is 1. The molecule has 2 heterocycles. The molecule has 114 valence electrons. The Morgan fingerprint density at radius 3 is 2.64 bits per heavy atom. The van der Waals surface area contributed by atoms with Gasteiger partial charge in [-0.3, -0.25) is 0 Å². The summed E-state index contributed by atoms with van der Waals surface area (Å²) in [4.78, 5) is 13.9. The molecule has 1 aromatic rings. The predicted molar refractivity (Wildman–Crippen MR) is 88.1 cm³/mol. The molecule has 0 aliphatic carbocycles. The number of hydrogen-bond donors (Lipinski definition) is 1. The Morgan fingerprint density at radius 1 is 1.09 bits per heavy atom. The minimum atomic E-state index is 0.751. The molecule has 0 bridgehead atoms. The average Bonchev–Trinajstić information content (AvgIpc) is 2.96. The lowest BCUT2D eigenvalue weighted by atomic mass is 10.2. The second-order valence-electron chi connectivity index (χ2n) is 5.30. The summed E-state index contributed by atoms with van der Waals surface area (Å²) in [5, 5.41) is 3.27. The number of aromatic nitrogens is 4. The van der Waals surface area contributed by atoms with E-state index in [4.69, 9.17) is 4.98 Å². The van der Waals surface area contributed by atoms with Crippen LogP contribution in [0, 0.1) is 0 Å². The third-order valence-corrected chi connectivity index (χ3v) is 3.52. The highest BCUT2D eigenvalue weighted by Gasteiger charge is 2.19. The normalized spacial score (nSPS) is 11.0. The monoisotopic (exact) mass is 295 g/mol. The van der Waals surface area contributed by atoms with Gasteiger partial charge in [-0.05, 0) is 18.9 Å². The number of fused-ring (bicyclic) bond motifs is 1. The van der Waals surface area contributed by atoms with Gasteiger partial charge in [0, 0.05) is 13.0 Å². The number of benzene rings is 1. The number of rotatable bonds is 6. The van der Waals surface area contributed by atoms with Gasteiger partial charge in [0.15, 0.2) is 17.3 Å². The van der Waals surface area contributed by atoms with Crippen LogP contribution in [0.4, 0.5) is 5.82 Å². The molecular formula is C17H21N5. The topological polar surface area (TPSA) is 55.6 Å². The maximum Gasteiger partial charge on any atom is 0.166 e. The van der Waals surface area contributed by atoms with Gasteiger partial charge in [-0.2, -0.15) is 0 Å². The van der Waals surface area contributed by atoms with Crippen LogP contribution in [0.5, 0.6) is 0 Å². The smallest absolute Gasteiger partial charge is 0.166 e. The molecule has 2 aliphatic heterocycles. The fraction of sp³-hybridized carbons (Fsp3) is 0.353. The van der Waals surface area contributed by atoms with Gasteiger partial charge in [0.05, 0.1) is 12.9 Å². The van der Waals surface area contributed by atoms with Crippen LogP contribution in [0.15, 0.2) is 36.7 Å². The summed E-state index contributed by atoms with van der Waals surface area (Å²) >= 11 is 0. The van der Waals surface area contributed by atoms with Crippen LogP contribution in [-0.4, -0.2) is 26.1 Å². The summed E-state index contributed by atoms with van der Waals surface area (Å²) in [5.41, 5.74) is 2.09. The molecule has 0 unspecified atom stereocenters. The molecule has 0 saturated heterocycles. The summed E-state index contributed by atoms with van der Waals surface area (Å²) in [6, 6.07) is 10.3. The molecule has 1 N–H and O–H groups in total. The second-order valence-corrected chi connectivity index (χ2v) is 5.30. The van der Waals surface area contributed by atoms with E-state index in [1.807, 2.05) is 24.5 Å². The molecule has 0 spiro atoms. The van der Waals surface area contributed by atoms with Crippen molar-refractivity contribution in [2.75, 3.05) is 11.9 Å². The van der Waals surface area contributed by atoms with Crippen LogP contribution in [0.25, 0.3) is 11.5 Å². The zero-order valence-electron chi connectivity index (χ0n) is 13.1. The van der Waals surface area contributed by atoms with Gasteiger partial charge >= 0.3 is 0 Å². The van der Waals surface area contributed by atoms with Gasteiger partial charge in [0.25, 0.3) is 0 Å². The van der Waals surface area contributed by atoms with Gasteiger partial charge < -0.3 is 9.88 Å². The summed E-state index contributed by atoms with van der Waals surface area (Å²) in [5.74, 6) is 2.61. The van der Waals surface area contributed by atoms with Gasteiger partial charge in [0.1, 0.15) is 5.82 Å². The van der Waals surface area contributed by atoms with E-state index in [1.54, 1.807) is 0 Å². The quantitative estimate of drug-likeness (QED) is 0.758. The zero-order valence-corrected chi connectivity index (χ0v) is 13.1. The molecule has 0 amide bonds. The van der Waals surface area contributed by atoms with Crippen molar-refractivity contribution in [2.45, 2.75) is 33.2 Å². The molecule has 0 fully saturated rings. The van der Waals surface area contributed by atoms with Crippen molar-refractivity contribution in [3.63, 3.8) is 0 Å². The van der Waals surface area contributed by atoms with E-state index in [9.17, 15) is 0 Å². The lowest BCUT2D eigenvalue weighted by Gasteiger charge is -2.13. The van der Waals surface area contributed by atoms with E-state index in [-0.39, 0.29) is 0 Å². The van der Waals surface area contributed by atoms with E-state index in [0.29, 0.717) is 0 Å². The third kappa shape index (κ3) is 2.93. The van der Waals surface area contributed by atoms with E-state index in [0.717, 1.165) is 49.1 Å². The Hall–Kier alpha value is -2.43. The highest BCUT2D eigenvalue weighted by atomic mass is 15.2. The SMILES string of the molecule is CCCc1nc2c(NCC)ncn(Cc3ccccc3)c-2n1. The van der Waals surface area contributed by atoms with E-state index in [1.165, 1.54) is 5.56 Å². The molecule has 2 aliphatic rings. The molecular weight excluding hydrogens is 274 g/mol. The summed E-state index contributed by atoms with van der Waals surface area (Å²) < 4.78 is 2.07. The maximum atomic E-state index is 4.71. The van der Waals surface area contributed by atoms with Crippen molar-refractivity contribution in [1.29, 1.82) is 0 Å². The molecule has 22 heavy (non-hydrogen) atoms. The van der Waals surface area contributed by atoms with E-state index < -0.39 is 0 Å². The van der Waals surface area contributed by atoms with Crippen molar-refractivity contribution in [1.82, 2.24) is 19.5 Å². The molecule has 0 radical (unpaired) electrons. The first-order chi connectivity index (χ1) is 10.8. The Morgan fingerprint density at radius 2 is 1.91 bits per heavy atom. The second kappa shape index (κ2) is 6.56. The summed E-state index contributed by atoms with van der Waals surface area (Å²) in [6.07, 6.45) is 3.78. The Bertz CT molecular complexity index is 705. The first-order valence-electron chi connectivity index (χ1n) is 7.81. The molecule has 5 nitrogen and oxygen atoms in total. The Labute approximate surface area is 130 Å². The van der Waals surface area contributed by atoms with Crippen molar-refractivity contribution in [3.8, 4) is 11.5 Å². The number of hydrogen-bond acceptors (Lipinski definition) is 4. The minimum Gasteiger partial charge on any atom is -0.368 e. The highest BCUT2D eigenvalue weighted by molar-refractivity contribution is 5.67. The van der Waals surface area contributed by atoms with E-state index >= 15 is 0 Å². The molecule has 1 aromatic carbocycles. The van der Waals surface area contributed by atoms with Gasteiger partial charge in [-0.25, -0.2) is 15.0 Å². The van der Waals surface area contributed by atoms with Gasteiger partial charge in [-0.1, -0.05) is 37.3 Å². The van der Waals surface area contributed by atoms with Crippen LogP contribution in [0.3, 0.4) is 0 Å². The lowest BCUT2D eigenvalue weighted by molar-refractivity contribution is 0.757. The summed E-state index contributed by atoms with van der Waals surface area (Å²) in [7, 11) is 0. The Kier molecular flexibility index (Phi) is 4.32. The molecule has 5 heteroatoms. The van der Waals surface area contributed by atoms with Gasteiger partial charge in [0.2, 0.25) is 0 Å². The van der Waals surface area contributed by atoms with Crippen molar-refractivity contribution in [2.24, 2.45) is 0 Å². The first kappa shape index (κ1) is 14.5. The van der Waals surface area contributed by atoms with Crippen LogP contribution in [-0.2, 0) is 13.0 Å². The number of aryl methyl sites for hydroxylation is 1. The molecule has 3 rings (SSSR count). The van der Waals surface area contributed by atoms with Gasteiger partial charge in [-0.15, -0.1) is 0 Å². The molecule has 0 atom stereocenters.